The second-order valence-corrected chi connectivity index (χ2v) is 5.01. The highest BCUT2D eigenvalue weighted by molar-refractivity contribution is 6.00. The van der Waals surface area contributed by atoms with E-state index in [9.17, 15) is 0 Å². The monoisotopic (exact) mass is 270 g/mol. The molecule has 0 saturated heterocycles. The van der Waals surface area contributed by atoms with Crippen LogP contribution in [0, 0.1) is 5.92 Å². The first-order valence-corrected chi connectivity index (χ1v) is 6.57. The summed E-state index contributed by atoms with van der Waals surface area (Å²) in [5, 5.41) is 4.91. The van der Waals surface area contributed by atoms with Crippen LogP contribution < -0.4 is 5.73 Å². The number of pyridine rings is 1. The smallest absolute Gasteiger partial charge is 0.174 e. The van der Waals surface area contributed by atoms with Gasteiger partial charge >= 0.3 is 0 Å². The van der Waals surface area contributed by atoms with E-state index in [-0.39, 0.29) is 6.61 Å². The van der Waals surface area contributed by atoms with Crippen molar-refractivity contribution in [1.29, 1.82) is 0 Å². The maximum Gasteiger partial charge on any atom is 0.174 e. The number of rotatable bonds is 4. The van der Waals surface area contributed by atoms with Crippen LogP contribution in [0.4, 0.5) is 0 Å². The van der Waals surface area contributed by atoms with Crippen LogP contribution in [0.3, 0.4) is 0 Å². The van der Waals surface area contributed by atoms with Gasteiger partial charge in [0, 0.05) is 17.5 Å². The lowest BCUT2D eigenvalue weighted by atomic mass is 10.3. The van der Waals surface area contributed by atoms with Gasteiger partial charge in [0.1, 0.15) is 22.8 Å². The number of nitrogens with one attached hydrogen (secondary N) is 2. The van der Waals surface area contributed by atoms with Gasteiger partial charge in [-0.05, 0) is 18.9 Å². The number of fused-ring (bicyclic) bond motifs is 3. The highest BCUT2D eigenvalue weighted by Crippen LogP contribution is 2.28. The Morgan fingerprint density at radius 3 is 3.25 bits per heavy atom. The molecule has 0 spiro atoms. The standard InChI is InChI=1S/C13H14N6O/c14-12(7-1-2-7)19-20-6-10-17-9-5-16-13-8(3-4-15-13)11(9)18-10/h3-5,7H,1-2,6H2,(H2,14,19)(H,15,16)(H,17,18). The molecule has 7 heteroatoms. The van der Waals surface area contributed by atoms with Crippen LogP contribution >= 0.6 is 0 Å². The largest absolute Gasteiger partial charge is 0.386 e. The number of nitrogens with zero attached hydrogens (tertiary/aromatic N) is 3. The van der Waals surface area contributed by atoms with E-state index in [4.69, 9.17) is 10.6 Å². The summed E-state index contributed by atoms with van der Waals surface area (Å²) in [6, 6.07) is 1.96. The van der Waals surface area contributed by atoms with Gasteiger partial charge < -0.3 is 20.5 Å². The molecule has 102 valence electrons. The summed E-state index contributed by atoms with van der Waals surface area (Å²) in [5.41, 5.74) is 8.35. The Bertz CT molecular complexity index is 798. The van der Waals surface area contributed by atoms with Crippen LogP contribution in [0.5, 0.6) is 0 Å². The summed E-state index contributed by atoms with van der Waals surface area (Å²) >= 11 is 0. The van der Waals surface area contributed by atoms with Crippen molar-refractivity contribution >= 4 is 27.9 Å². The molecule has 0 aromatic carbocycles. The Labute approximate surface area is 114 Å². The van der Waals surface area contributed by atoms with Crippen molar-refractivity contribution in [3.8, 4) is 0 Å². The zero-order valence-corrected chi connectivity index (χ0v) is 10.8. The summed E-state index contributed by atoms with van der Waals surface area (Å²) in [6.45, 7) is 0.272. The lowest BCUT2D eigenvalue weighted by molar-refractivity contribution is 0.124. The van der Waals surface area contributed by atoms with Gasteiger partial charge in [-0.2, -0.15) is 0 Å². The van der Waals surface area contributed by atoms with Gasteiger partial charge in [0.15, 0.2) is 6.61 Å². The third-order valence-corrected chi connectivity index (χ3v) is 3.45. The van der Waals surface area contributed by atoms with Gasteiger partial charge in [0.2, 0.25) is 0 Å². The second kappa shape index (κ2) is 4.22. The number of hydrogen-bond acceptors (Lipinski definition) is 4. The SMILES string of the molecule is N/C(=N\OCc1nc2c(cnc3[nH]ccc32)[nH]1)C1CC1. The Kier molecular flexibility index (Phi) is 2.38. The Morgan fingerprint density at radius 1 is 1.50 bits per heavy atom. The van der Waals surface area contributed by atoms with Crippen LogP contribution in [0.25, 0.3) is 22.1 Å². The molecular formula is C13H14N6O. The summed E-state index contributed by atoms with van der Waals surface area (Å²) in [4.78, 5) is 20.3. The number of amidine groups is 1. The molecule has 1 saturated carbocycles. The first-order valence-electron chi connectivity index (χ1n) is 6.57. The number of aromatic nitrogens is 4. The molecule has 1 fully saturated rings. The van der Waals surface area contributed by atoms with E-state index in [1.807, 2.05) is 12.3 Å². The van der Waals surface area contributed by atoms with Gasteiger partial charge in [-0.3, -0.25) is 0 Å². The highest BCUT2D eigenvalue weighted by Gasteiger charge is 2.26. The number of hydrogen-bond donors (Lipinski definition) is 3. The molecular weight excluding hydrogens is 256 g/mol. The number of oxime groups is 1. The molecule has 0 atom stereocenters. The van der Waals surface area contributed by atoms with E-state index in [1.165, 1.54) is 0 Å². The number of H-pyrrole nitrogens is 2. The topological polar surface area (TPSA) is 105 Å². The first kappa shape index (κ1) is 11.3. The molecule has 4 N–H and O–H groups in total. The fourth-order valence-corrected chi connectivity index (χ4v) is 2.21. The predicted molar refractivity (Wildman–Crippen MR) is 74.9 cm³/mol. The zero-order valence-electron chi connectivity index (χ0n) is 10.8. The molecule has 7 nitrogen and oxygen atoms in total. The van der Waals surface area contributed by atoms with E-state index in [0.717, 1.165) is 34.9 Å². The average Bonchev–Trinajstić information content (AvgIpc) is 3.04. The number of imidazole rings is 1. The van der Waals surface area contributed by atoms with E-state index in [1.54, 1.807) is 6.20 Å². The van der Waals surface area contributed by atoms with E-state index in [0.29, 0.717) is 17.6 Å². The first-order chi connectivity index (χ1) is 9.81. The minimum Gasteiger partial charge on any atom is -0.386 e. The molecule has 3 aromatic heterocycles. The van der Waals surface area contributed by atoms with E-state index in [2.05, 4.69) is 25.1 Å². The van der Waals surface area contributed by atoms with Crippen molar-refractivity contribution in [2.75, 3.05) is 0 Å². The maximum absolute atomic E-state index is 5.76. The van der Waals surface area contributed by atoms with E-state index < -0.39 is 0 Å². The predicted octanol–water partition coefficient (Wildman–Crippen LogP) is 1.64. The third kappa shape index (κ3) is 1.87. The van der Waals surface area contributed by atoms with Gasteiger partial charge in [-0.15, -0.1) is 0 Å². The molecule has 3 heterocycles. The quantitative estimate of drug-likeness (QED) is 0.380. The van der Waals surface area contributed by atoms with Crippen LogP contribution in [-0.4, -0.2) is 25.8 Å². The normalized spacial score (nSPS) is 16.1. The minimum atomic E-state index is 0.272. The molecule has 4 rings (SSSR count). The Hall–Kier alpha value is -2.57. The van der Waals surface area contributed by atoms with Gasteiger partial charge in [0.05, 0.1) is 11.7 Å². The maximum atomic E-state index is 5.76. The molecule has 0 aliphatic heterocycles. The highest BCUT2D eigenvalue weighted by atomic mass is 16.6. The lowest BCUT2D eigenvalue weighted by Gasteiger charge is -1.97. The molecule has 0 radical (unpaired) electrons. The van der Waals surface area contributed by atoms with Gasteiger partial charge in [-0.1, -0.05) is 5.16 Å². The zero-order chi connectivity index (χ0) is 13.5. The minimum absolute atomic E-state index is 0.272. The van der Waals surface area contributed by atoms with Crippen LogP contribution in [0.1, 0.15) is 18.7 Å². The molecule has 0 amide bonds. The summed E-state index contributed by atoms with van der Waals surface area (Å²) < 4.78 is 0. The molecule has 1 aliphatic rings. The van der Waals surface area contributed by atoms with Crippen molar-refractivity contribution in [3.63, 3.8) is 0 Å². The lowest BCUT2D eigenvalue weighted by Crippen LogP contribution is -2.14. The van der Waals surface area contributed by atoms with Gasteiger partial charge in [0.25, 0.3) is 0 Å². The Morgan fingerprint density at radius 2 is 2.40 bits per heavy atom. The van der Waals surface area contributed by atoms with Crippen LogP contribution in [-0.2, 0) is 11.4 Å². The van der Waals surface area contributed by atoms with Crippen LogP contribution in [0.15, 0.2) is 23.6 Å². The summed E-state index contributed by atoms with van der Waals surface area (Å²) in [6.07, 6.45) is 5.83. The average molecular weight is 270 g/mol. The summed E-state index contributed by atoms with van der Waals surface area (Å²) in [5.74, 6) is 1.70. The fraction of sp³-hybridized carbons (Fsp3) is 0.308. The molecule has 3 aromatic rings. The second-order valence-electron chi connectivity index (χ2n) is 5.01. The number of nitrogens with two attached hydrogens (primary N) is 1. The van der Waals surface area contributed by atoms with Crippen LogP contribution in [0.2, 0.25) is 0 Å². The molecule has 1 aliphatic carbocycles. The fourth-order valence-electron chi connectivity index (χ4n) is 2.21. The summed E-state index contributed by atoms with van der Waals surface area (Å²) in [7, 11) is 0. The third-order valence-electron chi connectivity index (χ3n) is 3.45. The van der Waals surface area contributed by atoms with E-state index >= 15 is 0 Å². The van der Waals surface area contributed by atoms with Crippen molar-refractivity contribution in [3.05, 3.63) is 24.3 Å². The van der Waals surface area contributed by atoms with Crippen molar-refractivity contribution in [2.24, 2.45) is 16.8 Å². The Balaban J connectivity index is 1.58. The molecule has 20 heavy (non-hydrogen) atoms. The van der Waals surface area contributed by atoms with Crippen molar-refractivity contribution in [2.45, 2.75) is 19.4 Å². The van der Waals surface area contributed by atoms with Crippen molar-refractivity contribution in [1.82, 2.24) is 19.9 Å². The van der Waals surface area contributed by atoms with Gasteiger partial charge in [-0.25, -0.2) is 9.97 Å². The van der Waals surface area contributed by atoms with Crippen molar-refractivity contribution < 1.29 is 4.84 Å². The number of aromatic amines is 2. The molecule has 0 unspecified atom stereocenters. The molecule has 0 bridgehead atoms.